The molecule has 5 heteroatoms. The molecule has 4 rings (SSSR count). The molecule has 0 unspecified atom stereocenters. The minimum atomic E-state index is -0.845. The Morgan fingerprint density at radius 1 is 0.617 bits per heavy atom. The highest BCUT2D eigenvalue weighted by Gasteiger charge is 2.16. The fourth-order valence-corrected chi connectivity index (χ4v) is 4.01. The second kappa shape index (κ2) is 30.3. The number of hydrogen-bond acceptors (Lipinski definition) is 3. The van der Waals surface area contributed by atoms with Crippen molar-refractivity contribution in [3.8, 4) is 0 Å². The molecule has 0 atom stereocenters. The van der Waals surface area contributed by atoms with E-state index in [0.29, 0.717) is 5.56 Å². The number of nitrogens with zero attached hydrogens (tertiary/aromatic N) is 1. The van der Waals surface area contributed by atoms with Crippen LogP contribution in [-0.4, -0.2) is 31.1 Å². The molecule has 1 amide bonds. The van der Waals surface area contributed by atoms with Gasteiger partial charge in [0.15, 0.2) is 0 Å². The van der Waals surface area contributed by atoms with Gasteiger partial charge in [0.2, 0.25) is 0 Å². The molecule has 0 bridgehead atoms. The number of amides is 1. The third-order valence-electron chi connectivity index (χ3n) is 6.26. The van der Waals surface area contributed by atoms with Gasteiger partial charge in [-0.05, 0) is 85.3 Å². The smallest absolute Gasteiger partial charge is 0.335 e. The maximum absolute atomic E-state index is 12.6. The highest BCUT2D eigenvalue weighted by molar-refractivity contribution is 6.06. The van der Waals surface area contributed by atoms with E-state index in [0.717, 1.165) is 40.8 Å². The zero-order valence-electron chi connectivity index (χ0n) is 31.9. The van der Waals surface area contributed by atoms with Crippen LogP contribution < -0.4 is 10.2 Å². The van der Waals surface area contributed by atoms with Crippen molar-refractivity contribution in [2.24, 2.45) is 0 Å². The zero-order chi connectivity index (χ0) is 36.8. The second-order valence-electron chi connectivity index (χ2n) is 9.15. The van der Waals surface area contributed by atoms with Crippen molar-refractivity contribution < 1.29 is 14.7 Å². The molecule has 0 aliphatic carbocycles. The van der Waals surface area contributed by atoms with Crippen LogP contribution in [0.4, 0.5) is 11.4 Å². The summed E-state index contributed by atoms with van der Waals surface area (Å²) in [7, 11) is 3.75. The van der Waals surface area contributed by atoms with E-state index in [1.54, 1.807) is 17.0 Å². The molecule has 2 N–H and O–H groups in total. The van der Waals surface area contributed by atoms with Gasteiger partial charge >= 0.3 is 5.97 Å². The largest absolute Gasteiger partial charge is 0.478 e. The fourth-order valence-electron chi connectivity index (χ4n) is 4.01. The molecule has 47 heavy (non-hydrogen) atoms. The summed E-state index contributed by atoms with van der Waals surface area (Å²) in [5, 5.41) is 11.8. The zero-order valence-corrected chi connectivity index (χ0v) is 31.9. The van der Waals surface area contributed by atoms with Crippen LogP contribution >= 0.6 is 0 Å². The van der Waals surface area contributed by atoms with Crippen LogP contribution in [0.15, 0.2) is 97.1 Å². The summed E-state index contributed by atoms with van der Waals surface area (Å²) in [5.74, 6) is -0.800. The first-order chi connectivity index (χ1) is 22.7. The van der Waals surface area contributed by atoms with E-state index in [1.165, 1.54) is 11.3 Å². The predicted molar refractivity (Wildman–Crippen MR) is 209 cm³/mol. The molecular weight excluding hydrogens is 580 g/mol. The average molecular weight is 645 g/mol. The molecule has 0 radical (unpaired) electrons. The summed E-state index contributed by atoms with van der Waals surface area (Å²) in [6.45, 7) is 24.1. The number of carbonyl (C=O) groups is 2. The number of carbonyl (C=O) groups excluding carboxylic acids is 1. The third-order valence-corrected chi connectivity index (χ3v) is 6.26. The lowest BCUT2D eigenvalue weighted by molar-refractivity contribution is 0.0695. The number of hydrogen-bond donors (Lipinski definition) is 2. The summed E-state index contributed by atoms with van der Waals surface area (Å²) in [6, 6.07) is 31.1. The molecule has 0 heterocycles. The highest BCUT2D eigenvalue weighted by Crippen LogP contribution is 2.19. The number of aryl methyl sites for hydroxylation is 4. The first-order valence-electron chi connectivity index (χ1n) is 17.2. The Morgan fingerprint density at radius 3 is 1.43 bits per heavy atom. The van der Waals surface area contributed by atoms with Crippen molar-refractivity contribution in [3.05, 3.63) is 130 Å². The van der Waals surface area contributed by atoms with Crippen molar-refractivity contribution >= 4 is 23.3 Å². The van der Waals surface area contributed by atoms with Gasteiger partial charge in [0.1, 0.15) is 0 Å². The molecule has 5 nitrogen and oxygen atoms in total. The third kappa shape index (κ3) is 18.4. The van der Waals surface area contributed by atoms with Gasteiger partial charge in [-0.1, -0.05) is 130 Å². The van der Waals surface area contributed by atoms with Gasteiger partial charge in [-0.25, -0.2) is 4.79 Å². The van der Waals surface area contributed by atoms with E-state index in [1.807, 2.05) is 156 Å². The summed E-state index contributed by atoms with van der Waals surface area (Å²) in [6.07, 6.45) is 1.63. The molecule has 0 aliphatic rings. The van der Waals surface area contributed by atoms with Gasteiger partial charge in [0.05, 0.1) is 5.56 Å². The van der Waals surface area contributed by atoms with Gasteiger partial charge in [-0.3, -0.25) is 4.79 Å². The standard InChI is InChI=1S/C17H19NO.C9H10O2.C8H11N.4C2H6/c1-4-14-9-5-6-11-16(14)17(19)18(3)15-10-7-8-13(2)12-15;1-2-7-5-3-4-6-8(7)9(10)11;1-7-4-3-5-8(6-7)9-2;4*1-2/h5-12H,4H2,1-3H3;3-6H,2H2,1H3,(H,10,11);3-6,9H,1-2H3;4*1-2H3. The number of aromatic carboxylic acids is 1. The van der Waals surface area contributed by atoms with Gasteiger partial charge in [0.25, 0.3) is 5.91 Å². The number of nitrogens with one attached hydrogen (secondary N) is 1. The maximum atomic E-state index is 12.6. The maximum Gasteiger partial charge on any atom is 0.335 e. The lowest BCUT2D eigenvalue weighted by Crippen LogP contribution is -2.27. The number of carboxylic acid groups (broad SMARTS) is 1. The molecule has 260 valence electrons. The van der Waals surface area contributed by atoms with Crippen molar-refractivity contribution in [3.63, 3.8) is 0 Å². The van der Waals surface area contributed by atoms with Crippen LogP contribution in [0.5, 0.6) is 0 Å². The van der Waals surface area contributed by atoms with Gasteiger partial charge < -0.3 is 15.3 Å². The molecule has 4 aromatic rings. The van der Waals surface area contributed by atoms with Crippen molar-refractivity contribution in [2.75, 3.05) is 24.3 Å². The number of rotatable bonds is 6. The van der Waals surface area contributed by atoms with Crippen molar-refractivity contribution in [1.29, 1.82) is 0 Å². The van der Waals surface area contributed by atoms with Gasteiger partial charge in [-0.15, -0.1) is 0 Å². The summed E-state index contributed by atoms with van der Waals surface area (Å²) in [4.78, 5) is 24.9. The monoisotopic (exact) mass is 644 g/mol. The number of carboxylic acids is 1. The number of benzene rings is 4. The molecule has 0 saturated carbocycles. The Morgan fingerprint density at radius 2 is 1.04 bits per heavy atom. The fraction of sp³-hybridized carbons (Fsp3) is 0.381. The van der Waals surface area contributed by atoms with Crippen LogP contribution in [0.2, 0.25) is 0 Å². The van der Waals surface area contributed by atoms with Crippen LogP contribution in [0, 0.1) is 13.8 Å². The molecule has 0 aliphatic heterocycles. The van der Waals surface area contributed by atoms with E-state index in [2.05, 4.69) is 31.3 Å². The normalized spacial score (nSPS) is 8.64. The lowest BCUT2D eigenvalue weighted by atomic mass is 10.0. The summed E-state index contributed by atoms with van der Waals surface area (Å²) < 4.78 is 0. The quantitative estimate of drug-likeness (QED) is 0.219. The Kier molecular flexibility index (Phi) is 30.3. The van der Waals surface area contributed by atoms with Crippen molar-refractivity contribution in [2.45, 2.75) is 95.9 Å². The topological polar surface area (TPSA) is 69.6 Å². The first kappa shape index (κ1) is 47.0. The number of anilines is 2. The van der Waals surface area contributed by atoms with E-state index >= 15 is 0 Å². The van der Waals surface area contributed by atoms with Crippen LogP contribution in [0.3, 0.4) is 0 Å². The van der Waals surface area contributed by atoms with Gasteiger partial charge in [0, 0.05) is 31.0 Å². The summed E-state index contributed by atoms with van der Waals surface area (Å²) >= 11 is 0. The van der Waals surface area contributed by atoms with Crippen LogP contribution in [0.1, 0.15) is 112 Å². The minimum absolute atomic E-state index is 0.0445. The lowest BCUT2D eigenvalue weighted by Gasteiger charge is -2.19. The molecular formula is C42H64N2O3. The second-order valence-corrected chi connectivity index (χ2v) is 9.15. The Bertz CT molecular complexity index is 1370. The first-order valence-corrected chi connectivity index (χ1v) is 17.2. The minimum Gasteiger partial charge on any atom is -0.478 e. The summed E-state index contributed by atoms with van der Waals surface area (Å²) in [5.41, 5.74) is 7.73. The highest BCUT2D eigenvalue weighted by atomic mass is 16.4. The molecule has 0 saturated heterocycles. The van der Waals surface area contributed by atoms with E-state index < -0.39 is 5.97 Å². The van der Waals surface area contributed by atoms with Crippen LogP contribution in [-0.2, 0) is 12.8 Å². The van der Waals surface area contributed by atoms with E-state index in [9.17, 15) is 9.59 Å². The van der Waals surface area contributed by atoms with Gasteiger partial charge in [-0.2, -0.15) is 0 Å². The Balaban J connectivity index is -0.000000592. The Hall–Kier alpha value is -4.38. The molecule has 0 aromatic heterocycles. The van der Waals surface area contributed by atoms with Crippen molar-refractivity contribution in [1.82, 2.24) is 0 Å². The van der Waals surface area contributed by atoms with E-state index in [-0.39, 0.29) is 5.91 Å². The molecule has 0 fully saturated rings. The SMILES string of the molecule is CC.CC.CC.CC.CCc1ccccc1C(=O)N(C)c1cccc(C)c1.CCc1ccccc1C(=O)O.CNc1cccc(C)c1. The predicted octanol–water partition coefficient (Wildman–Crippen LogP) is 11.9. The average Bonchev–Trinajstić information content (AvgIpc) is 3.14. The molecule has 4 aromatic carbocycles. The molecule has 0 spiro atoms. The van der Waals surface area contributed by atoms with Crippen LogP contribution in [0.25, 0.3) is 0 Å². The Labute approximate surface area is 288 Å². The van der Waals surface area contributed by atoms with E-state index in [4.69, 9.17) is 5.11 Å².